The van der Waals surface area contributed by atoms with Gasteiger partial charge in [-0.05, 0) is 44.9 Å². The molecular weight excluding hydrogens is 997 g/mol. The molecule has 0 aromatic rings. The predicted octanol–water partition coefficient (Wildman–Crippen LogP) is 25.6. The maximum Gasteiger partial charge on any atom is 0.306 e. The highest BCUT2D eigenvalue weighted by Crippen LogP contribution is 2.20. The van der Waals surface area contributed by atoms with Gasteiger partial charge < -0.3 is 14.2 Å². The maximum absolute atomic E-state index is 13.0. The molecule has 0 saturated carbocycles. The van der Waals surface area contributed by atoms with Crippen molar-refractivity contribution < 1.29 is 28.6 Å². The van der Waals surface area contributed by atoms with E-state index in [0.29, 0.717) is 19.3 Å². The Morgan fingerprint density at radius 1 is 0.235 bits per heavy atom. The van der Waals surface area contributed by atoms with Crippen molar-refractivity contribution in [1.29, 1.82) is 0 Å². The Bertz CT molecular complexity index is 1260. The van der Waals surface area contributed by atoms with Crippen molar-refractivity contribution in [2.45, 2.75) is 438 Å². The third kappa shape index (κ3) is 68.8. The van der Waals surface area contributed by atoms with Crippen molar-refractivity contribution >= 4 is 17.9 Å². The summed E-state index contributed by atoms with van der Waals surface area (Å²) < 4.78 is 17.0. The van der Waals surface area contributed by atoms with E-state index in [2.05, 4.69) is 32.9 Å². The van der Waals surface area contributed by atoms with Crippen molar-refractivity contribution in [2.24, 2.45) is 0 Å². The van der Waals surface area contributed by atoms with Crippen LogP contribution < -0.4 is 0 Å². The zero-order valence-corrected chi connectivity index (χ0v) is 55.4. The summed E-state index contributed by atoms with van der Waals surface area (Å²) in [5.74, 6) is -0.836. The number of rotatable bonds is 70. The van der Waals surface area contributed by atoms with E-state index in [4.69, 9.17) is 14.2 Å². The van der Waals surface area contributed by atoms with Crippen molar-refractivity contribution in [2.75, 3.05) is 13.2 Å². The number of unbranched alkanes of at least 4 members (excludes halogenated alkanes) is 57. The summed E-state index contributed by atoms with van der Waals surface area (Å²) in [4.78, 5) is 38.5. The van der Waals surface area contributed by atoms with Crippen molar-refractivity contribution in [3.63, 3.8) is 0 Å². The summed E-state index contributed by atoms with van der Waals surface area (Å²) in [6.07, 6.45) is 85.4. The van der Waals surface area contributed by atoms with Gasteiger partial charge in [0.2, 0.25) is 0 Å². The van der Waals surface area contributed by atoms with Gasteiger partial charge in [-0.2, -0.15) is 0 Å². The van der Waals surface area contributed by atoms with E-state index in [9.17, 15) is 14.4 Å². The summed E-state index contributed by atoms with van der Waals surface area (Å²) in [5.41, 5.74) is 0. The molecule has 0 aromatic carbocycles. The summed E-state index contributed by atoms with van der Waals surface area (Å²) in [7, 11) is 0. The van der Waals surface area contributed by atoms with Crippen LogP contribution in [0.15, 0.2) is 12.2 Å². The van der Waals surface area contributed by atoms with E-state index in [1.165, 1.54) is 327 Å². The largest absolute Gasteiger partial charge is 0.462 e. The Kier molecular flexibility index (Phi) is 69.0. The fourth-order valence-electron chi connectivity index (χ4n) is 11.7. The minimum absolute atomic E-state index is 0.0654. The highest BCUT2D eigenvalue weighted by atomic mass is 16.6. The molecule has 0 aliphatic carbocycles. The number of hydrogen-bond acceptors (Lipinski definition) is 6. The molecule has 81 heavy (non-hydrogen) atoms. The molecule has 0 rings (SSSR count). The van der Waals surface area contributed by atoms with E-state index in [1.807, 2.05) is 0 Å². The molecule has 0 aliphatic rings. The molecular formula is C75H144O6. The average Bonchev–Trinajstić information content (AvgIpc) is 3.47. The first kappa shape index (κ1) is 79.2. The number of hydrogen-bond donors (Lipinski definition) is 0. The lowest BCUT2D eigenvalue weighted by molar-refractivity contribution is -0.167. The summed E-state index contributed by atoms with van der Waals surface area (Å²) >= 11 is 0. The molecule has 0 bridgehead atoms. The van der Waals surface area contributed by atoms with Gasteiger partial charge >= 0.3 is 17.9 Å². The Morgan fingerprint density at radius 2 is 0.407 bits per heavy atom. The van der Waals surface area contributed by atoms with Crippen LogP contribution in [0.1, 0.15) is 432 Å². The van der Waals surface area contributed by atoms with Gasteiger partial charge in [0.15, 0.2) is 6.10 Å². The normalized spacial score (nSPS) is 12.0. The quantitative estimate of drug-likeness (QED) is 0.0261. The fourth-order valence-corrected chi connectivity index (χ4v) is 11.7. The van der Waals surface area contributed by atoms with Crippen molar-refractivity contribution in [3.8, 4) is 0 Å². The first-order valence-corrected chi connectivity index (χ1v) is 37.2. The van der Waals surface area contributed by atoms with Crippen LogP contribution in [-0.4, -0.2) is 37.2 Å². The number of carbonyl (C=O) groups excluding carboxylic acids is 3. The predicted molar refractivity (Wildman–Crippen MR) is 353 cm³/mol. The Labute approximate surface area is 507 Å². The SMILES string of the molecule is CCCCCCC/C=C\CCCCCCCC(=O)OCC(COC(=O)CCCCCCCCCCCCCCCCCCCCCCCCCCCC)OC(=O)CCCCCCCCCCCCCCCCCCCCCCCCC. The van der Waals surface area contributed by atoms with Crippen LogP contribution in [0.3, 0.4) is 0 Å². The molecule has 480 valence electrons. The maximum atomic E-state index is 13.0. The molecule has 0 amide bonds. The highest BCUT2D eigenvalue weighted by molar-refractivity contribution is 5.71. The summed E-state index contributed by atoms with van der Waals surface area (Å²) in [6, 6.07) is 0. The second-order valence-electron chi connectivity index (χ2n) is 25.6. The van der Waals surface area contributed by atoms with Gasteiger partial charge in [-0.3, -0.25) is 14.4 Å². The van der Waals surface area contributed by atoms with E-state index in [-0.39, 0.29) is 31.1 Å². The van der Waals surface area contributed by atoms with Gasteiger partial charge in [-0.25, -0.2) is 0 Å². The Balaban J connectivity index is 4.20. The number of ether oxygens (including phenoxy) is 3. The number of carbonyl (C=O) groups is 3. The molecule has 0 aliphatic heterocycles. The standard InChI is InChI=1S/C75H144O6/c1-4-7-10-13-16-19-22-25-28-30-32-34-36-37-38-40-41-43-45-47-50-53-56-59-62-65-68-74(77)80-71-72(70-79-73(76)67-64-61-58-55-52-49-27-24-21-18-15-12-9-6-3)81-75(78)69-66-63-60-57-54-51-48-46-44-42-39-35-33-31-29-26-23-20-17-14-11-8-5-2/h24,27,72H,4-23,25-26,28-71H2,1-3H3/b27-24-. The van der Waals surface area contributed by atoms with Gasteiger partial charge in [-0.1, -0.05) is 380 Å². The van der Waals surface area contributed by atoms with E-state index >= 15 is 0 Å². The first-order valence-electron chi connectivity index (χ1n) is 37.2. The summed E-state index contributed by atoms with van der Waals surface area (Å²) in [5, 5.41) is 0. The highest BCUT2D eigenvalue weighted by Gasteiger charge is 2.20. The van der Waals surface area contributed by atoms with Gasteiger partial charge in [-0.15, -0.1) is 0 Å². The second-order valence-corrected chi connectivity index (χ2v) is 25.6. The molecule has 0 aromatic heterocycles. The Morgan fingerprint density at radius 3 is 0.617 bits per heavy atom. The van der Waals surface area contributed by atoms with Crippen LogP contribution in [0, 0.1) is 0 Å². The van der Waals surface area contributed by atoms with Gasteiger partial charge in [0, 0.05) is 19.3 Å². The van der Waals surface area contributed by atoms with Crippen LogP contribution in [-0.2, 0) is 28.6 Å². The molecule has 0 spiro atoms. The third-order valence-electron chi connectivity index (χ3n) is 17.3. The van der Waals surface area contributed by atoms with Gasteiger partial charge in [0.1, 0.15) is 13.2 Å². The van der Waals surface area contributed by atoms with E-state index < -0.39 is 6.10 Å². The second kappa shape index (κ2) is 70.6. The minimum atomic E-state index is -0.770. The van der Waals surface area contributed by atoms with E-state index in [0.717, 1.165) is 64.2 Å². The van der Waals surface area contributed by atoms with Crippen LogP contribution >= 0.6 is 0 Å². The monoisotopic (exact) mass is 1140 g/mol. The third-order valence-corrected chi connectivity index (χ3v) is 17.3. The molecule has 0 saturated heterocycles. The topological polar surface area (TPSA) is 78.9 Å². The molecule has 1 unspecified atom stereocenters. The number of allylic oxidation sites excluding steroid dienone is 2. The molecule has 0 radical (unpaired) electrons. The lowest BCUT2D eigenvalue weighted by atomic mass is 10.0. The fraction of sp³-hybridized carbons (Fsp3) is 0.933. The molecule has 0 heterocycles. The van der Waals surface area contributed by atoms with Gasteiger partial charge in [0.05, 0.1) is 0 Å². The molecule has 6 heteroatoms. The van der Waals surface area contributed by atoms with Crippen molar-refractivity contribution in [3.05, 3.63) is 12.2 Å². The van der Waals surface area contributed by atoms with Crippen LogP contribution in [0.25, 0.3) is 0 Å². The van der Waals surface area contributed by atoms with Crippen LogP contribution in [0.5, 0.6) is 0 Å². The number of esters is 3. The van der Waals surface area contributed by atoms with Crippen molar-refractivity contribution in [1.82, 2.24) is 0 Å². The first-order chi connectivity index (χ1) is 40.0. The zero-order chi connectivity index (χ0) is 58.5. The summed E-state index contributed by atoms with van der Waals surface area (Å²) in [6.45, 7) is 6.72. The lowest BCUT2D eigenvalue weighted by Crippen LogP contribution is -2.30. The molecule has 6 nitrogen and oxygen atoms in total. The van der Waals surface area contributed by atoms with E-state index in [1.54, 1.807) is 0 Å². The molecule has 0 fully saturated rings. The van der Waals surface area contributed by atoms with Crippen LogP contribution in [0.4, 0.5) is 0 Å². The molecule has 1 atom stereocenters. The minimum Gasteiger partial charge on any atom is -0.462 e. The Hall–Kier alpha value is -1.85. The lowest BCUT2D eigenvalue weighted by Gasteiger charge is -2.18. The zero-order valence-electron chi connectivity index (χ0n) is 55.4. The smallest absolute Gasteiger partial charge is 0.306 e. The molecule has 0 N–H and O–H groups in total. The van der Waals surface area contributed by atoms with Crippen LogP contribution in [0.2, 0.25) is 0 Å². The average molecular weight is 1140 g/mol. The van der Waals surface area contributed by atoms with Gasteiger partial charge in [0.25, 0.3) is 0 Å².